The Balaban J connectivity index is 2.45. The molecule has 0 unspecified atom stereocenters. The lowest BCUT2D eigenvalue weighted by Gasteiger charge is -2.04. The highest BCUT2D eigenvalue weighted by atomic mass is 127. The van der Waals surface area contributed by atoms with Gasteiger partial charge >= 0.3 is 0 Å². The molecule has 0 saturated carbocycles. The zero-order valence-corrected chi connectivity index (χ0v) is 11.2. The monoisotopic (exact) mass is 326 g/mol. The second kappa shape index (κ2) is 4.37. The van der Waals surface area contributed by atoms with Gasteiger partial charge in [-0.25, -0.2) is 0 Å². The minimum absolute atomic E-state index is 0.0289. The van der Waals surface area contributed by atoms with Gasteiger partial charge in [0, 0.05) is 22.4 Å². The molecule has 0 aliphatic heterocycles. The Labute approximate surface area is 108 Å². The molecule has 4 heteroatoms. The topological polar surface area (TPSA) is 34.9 Å². The molecule has 0 radical (unpaired) electrons. The molecule has 0 aliphatic carbocycles. The number of nitrogens with zero attached hydrogens (tertiary/aromatic N) is 2. The van der Waals surface area contributed by atoms with Gasteiger partial charge in [-0.3, -0.25) is 9.48 Å². The normalized spacial score (nSPS) is 10.4. The Kier molecular flexibility index (Phi) is 3.09. The van der Waals surface area contributed by atoms with Gasteiger partial charge in [0.25, 0.3) is 0 Å². The second-order valence-corrected chi connectivity index (χ2v) is 4.75. The lowest BCUT2D eigenvalue weighted by Crippen LogP contribution is -2.03. The minimum Gasteiger partial charge on any atom is -0.288 e. The smallest absolute Gasteiger partial charge is 0.197 e. The number of halogens is 1. The molecule has 1 aromatic carbocycles. The first-order valence-corrected chi connectivity index (χ1v) is 5.96. The van der Waals surface area contributed by atoms with Crippen LogP contribution in [0.2, 0.25) is 0 Å². The van der Waals surface area contributed by atoms with Crippen LogP contribution >= 0.6 is 22.6 Å². The Morgan fingerprint density at radius 3 is 2.81 bits per heavy atom. The maximum Gasteiger partial charge on any atom is 0.197 e. The number of ketones is 1. The van der Waals surface area contributed by atoms with Crippen molar-refractivity contribution in [3.05, 3.63) is 50.9 Å². The van der Waals surface area contributed by atoms with Crippen LogP contribution in [-0.2, 0) is 7.05 Å². The lowest BCUT2D eigenvalue weighted by molar-refractivity contribution is 0.103. The molecule has 3 nitrogen and oxygen atoms in total. The zero-order chi connectivity index (χ0) is 11.7. The minimum atomic E-state index is 0.0289. The average Bonchev–Trinajstić information content (AvgIpc) is 2.68. The molecule has 82 valence electrons. The van der Waals surface area contributed by atoms with Crippen molar-refractivity contribution in [2.45, 2.75) is 6.92 Å². The SMILES string of the molecule is Cc1cccc(C(=O)c2cnn(C)c2)c1I. The first-order chi connectivity index (χ1) is 7.59. The number of aryl methyl sites for hydroxylation is 2. The van der Waals surface area contributed by atoms with Crippen LogP contribution in [0.5, 0.6) is 0 Å². The summed E-state index contributed by atoms with van der Waals surface area (Å²) in [5, 5.41) is 4.01. The maximum absolute atomic E-state index is 12.2. The fourth-order valence-corrected chi connectivity index (χ4v) is 2.12. The largest absolute Gasteiger partial charge is 0.288 e. The van der Waals surface area contributed by atoms with E-state index in [-0.39, 0.29) is 5.78 Å². The summed E-state index contributed by atoms with van der Waals surface area (Å²) in [5.41, 5.74) is 2.50. The maximum atomic E-state index is 12.2. The summed E-state index contributed by atoms with van der Waals surface area (Å²) in [7, 11) is 1.80. The van der Waals surface area contributed by atoms with Crippen molar-refractivity contribution < 1.29 is 4.79 Å². The summed E-state index contributed by atoms with van der Waals surface area (Å²) in [5.74, 6) is 0.0289. The zero-order valence-electron chi connectivity index (χ0n) is 9.07. The summed E-state index contributed by atoms with van der Waals surface area (Å²) < 4.78 is 2.64. The van der Waals surface area contributed by atoms with Crippen LogP contribution in [0.15, 0.2) is 30.6 Å². The van der Waals surface area contributed by atoms with Crippen molar-refractivity contribution in [2.75, 3.05) is 0 Å². The van der Waals surface area contributed by atoms with Gasteiger partial charge in [0.05, 0.1) is 11.8 Å². The van der Waals surface area contributed by atoms with Crippen molar-refractivity contribution in [3.8, 4) is 0 Å². The van der Waals surface area contributed by atoms with E-state index in [1.807, 2.05) is 25.1 Å². The average molecular weight is 326 g/mol. The van der Waals surface area contributed by atoms with Crippen molar-refractivity contribution in [1.29, 1.82) is 0 Å². The number of carbonyl (C=O) groups excluding carboxylic acids is 1. The standard InChI is InChI=1S/C12H11IN2O/c1-8-4-3-5-10(11(8)13)12(16)9-6-14-15(2)7-9/h3-7H,1-2H3. The van der Waals surface area contributed by atoms with Gasteiger partial charge in [0.2, 0.25) is 0 Å². The van der Waals surface area contributed by atoms with Gasteiger partial charge in [-0.15, -0.1) is 0 Å². The van der Waals surface area contributed by atoms with Gasteiger partial charge in [0.15, 0.2) is 5.78 Å². The Morgan fingerprint density at radius 1 is 1.44 bits per heavy atom. The van der Waals surface area contributed by atoms with Crippen LogP contribution in [-0.4, -0.2) is 15.6 Å². The van der Waals surface area contributed by atoms with Gasteiger partial charge in [-0.2, -0.15) is 5.10 Å². The van der Waals surface area contributed by atoms with E-state index in [0.717, 1.165) is 14.7 Å². The highest BCUT2D eigenvalue weighted by molar-refractivity contribution is 14.1. The molecular weight excluding hydrogens is 315 g/mol. The van der Waals surface area contributed by atoms with Gasteiger partial charge < -0.3 is 0 Å². The van der Waals surface area contributed by atoms with E-state index in [4.69, 9.17) is 0 Å². The fourth-order valence-electron chi connectivity index (χ4n) is 1.52. The molecule has 16 heavy (non-hydrogen) atoms. The molecule has 0 spiro atoms. The van der Waals surface area contributed by atoms with Crippen LogP contribution in [0.3, 0.4) is 0 Å². The third kappa shape index (κ3) is 2.02. The number of rotatable bonds is 2. The van der Waals surface area contributed by atoms with Crippen molar-refractivity contribution >= 4 is 28.4 Å². The summed E-state index contributed by atoms with van der Waals surface area (Å²) in [6.45, 7) is 2.00. The van der Waals surface area contributed by atoms with Crippen molar-refractivity contribution in [3.63, 3.8) is 0 Å². The van der Waals surface area contributed by atoms with Crippen molar-refractivity contribution in [2.24, 2.45) is 7.05 Å². The molecule has 0 saturated heterocycles. The van der Waals surface area contributed by atoms with E-state index in [0.29, 0.717) is 5.56 Å². The molecular formula is C12H11IN2O. The molecule has 0 N–H and O–H groups in total. The summed E-state index contributed by atoms with van der Waals surface area (Å²) in [6, 6.07) is 5.76. The van der Waals surface area contributed by atoms with Crippen LogP contribution < -0.4 is 0 Å². The third-order valence-electron chi connectivity index (χ3n) is 2.40. The predicted octanol–water partition coefficient (Wildman–Crippen LogP) is 2.56. The highest BCUT2D eigenvalue weighted by Crippen LogP contribution is 2.19. The first-order valence-electron chi connectivity index (χ1n) is 4.88. The Morgan fingerprint density at radius 2 is 2.19 bits per heavy atom. The molecule has 0 amide bonds. The number of hydrogen-bond acceptors (Lipinski definition) is 2. The number of aromatic nitrogens is 2. The summed E-state index contributed by atoms with van der Waals surface area (Å²) >= 11 is 2.21. The van der Waals surface area contributed by atoms with Gasteiger partial charge in [-0.05, 0) is 41.1 Å². The molecule has 1 aromatic heterocycles. The van der Waals surface area contributed by atoms with Crippen LogP contribution in [0.4, 0.5) is 0 Å². The van der Waals surface area contributed by atoms with E-state index < -0.39 is 0 Å². The van der Waals surface area contributed by atoms with Gasteiger partial charge in [0.1, 0.15) is 0 Å². The highest BCUT2D eigenvalue weighted by Gasteiger charge is 2.14. The van der Waals surface area contributed by atoms with E-state index in [1.54, 1.807) is 24.1 Å². The molecule has 0 bridgehead atoms. The summed E-state index contributed by atoms with van der Waals surface area (Å²) in [4.78, 5) is 12.2. The Bertz CT molecular complexity index is 546. The molecule has 0 atom stereocenters. The predicted molar refractivity (Wildman–Crippen MR) is 70.5 cm³/mol. The number of hydrogen-bond donors (Lipinski definition) is 0. The second-order valence-electron chi connectivity index (χ2n) is 3.67. The van der Waals surface area contributed by atoms with E-state index in [9.17, 15) is 4.79 Å². The third-order valence-corrected chi connectivity index (χ3v) is 3.84. The van der Waals surface area contributed by atoms with Gasteiger partial charge in [-0.1, -0.05) is 12.1 Å². The van der Waals surface area contributed by atoms with E-state index in [1.165, 1.54) is 0 Å². The molecule has 2 rings (SSSR count). The quantitative estimate of drug-likeness (QED) is 0.628. The molecule has 2 aromatic rings. The van der Waals surface area contributed by atoms with Crippen LogP contribution in [0.25, 0.3) is 0 Å². The van der Waals surface area contributed by atoms with E-state index in [2.05, 4.69) is 27.7 Å². The summed E-state index contributed by atoms with van der Waals surface area (Å²) in [6.07, 6.45) is 3.33. The Hall–Kier alpha value is -1.17. The first kappa shape index (κ1) is 11.3. The number of carbonyl (C=O) groups is 1. The molecule has 1 heterocycles. The number of benzene rings is 1. The van der Waals surface area contributed by atoms with Crippen LogP contribution in [0, 0.1) is 10.5 Å². The molecule has 0 fully saturated rings. The fraction of sp³-hybridized carbons (Fsp3) is 0.167. The molecule has 0 aliphatic rings. The van der Waals surface area contributed by atoms with Crippen molar-refractivity contribution in [1.82, 2.24) is 9.78 Å². The van der Waals surface area contributed by atoms with Crippen LogP contribution in [0.1, 0.15) is 21.5 Å². The van der Waals surface area contributed by atoms with E-state index >= 15 is 0 Å². The lowest BCUT2D eigenvalue weighted by atomic mass is 10.0.